The van der Waals surface area contributed by atoms with E-state index in [1.165, 1.54) is 4.90 Å². The van der Waals surface area contributed by atoms with Crippen molar-refractivity contribution in [2.75, 3.05) is 29.5 Å². The Kier molecular flexibility index (Phi) is 6.16. The molecule has 0 radical (unpaired) electrons. The molecule has 5 nitrogen and oxygen atoms in total. The number of aryl methyl sites for hydroxylation is 1. The fourth-order valence-electron chi connectivity index (χ4n) is 1.94. The SMILES string of the molecule is CCN(C(=O)CS(=O)(=O)CCCN)c1cccc(C)c1. The Morgan fingerprint density at radius 1 is 1.35 bits per heavy atom. The van der Waals surface area contributed by atoms with Crippen LogP contribution in [0.3, 0.4) is 0 Å². The maximum absolute atomic E-state index is 12.2. The highest BCUT2D eigenvalue weighted by Crippen LogP contribution is 2.16. The van der Waals surface area contributed by atoms with Crippen molar-refractivity contribution in [3.05, 3.63) is 29.8 Å². The molecule has 1 aromatic carbocycles. The molecular weight excluding hydrogens is 276 g/mol. The molecule has 2 N–H and O–H groups in total. The molecule has 0 fully saturated rings. The topological polar surface area (TPSA) is 80.5 Å². The van der Waals surface area contributed by atoms with E-state index in [9.17, 15) is 13.2 Å². The van der Waals surface area contributed by atoms with Crippen molar-refractivity contribution in [1.82, 2.24) is 0 Å². The summed E-state index contributed by atoms with van der Waals surface area (Å²) in [5, 5.41) is 0. The summed E-state index contributed by atoms with van der Waals surface area (Å²) >= 11 is 0. The van der Waals surface area contributed by atoms with Gasteiger partial charge in [0.1, 0.15) is 5.75 Å². The Morgan fingerprint density at radius 2 is 2.05 bits per heavy atom. The second kappa shape index (κ2) is 7.40. The average Bonchev–Trinajstić information content (AvgIpc) is 2.37. The van der Waals surface area contributed by atoms with E-state index in [1.807, 2.05) is 32.0 Å². The van der Waals surface area contributed by atoms with E-state index >= 15 is 0 Å². The third-order valence-corrected chi connectivity index (χ3v) is 4.53. The predicted octanol–water partition coefficient (Wildman–Crippen LogP) is 1.11. The Morgan fingerprint density at radius 3 is 2.60 bits per heavy atom. The molecule has 1 rings (SSSR count). The largest absolute Gasteiger partial charge is 0.330 e. The zero-order chi connectivity index (χ0) is 15.2. The van der Waals surface area contributed by atoms with Gasteiger partial charge in [0, 0.05) is 12.2 Å². The van der Waals surface area contributed by atoms with Crippen LogP contribution >= 0.6 is 0 Å². The average molecular weight is 298 g/mol. The Balaban J connectivity index is 2.83. The standard InChI is InChI=1S/C14H22N2O3S/c1-3-16(13-7-4-6-12(2)10-13)14(17)11-20(18,19)9-5-8-15/h4,6-7,10H,3,5,8-9,11,15H2,1-2H3. The third kappa shape index (κ3) is 4.94. The molecule has 112 valence electrons. The summed E-state index contributed by atoms with van der Waals surface area (Å²) < 4.78 is 23.6. The summed E-state index contributed by atoms with van der Waals surface area (Å²) in [4.78, 5) is 13.7. The van der Waals surface area contributed by atoms with Crippen molar-refractivity contribution in [2.45, 2.75) is 20.3 Å². The first-order valence-corrected chi connectivity index (χ1v) is 8.49. The number of hydrogen-bond donors (Lipinski definition) is 1. The van der Waals surface area contributed by atoms with Gasteiger partial charge in [-0.15, -0.1) is 0 Å². The molecule has 0 saturated heterocycles. The van der Waals surface area contributed by atoms with Gasteiger partial charge in [0.15, 0.2) is 9.84 Å². The molecule has 1 amide bonds. The molecule has 0 saturated carbocycles. The molecule has 0 spiro atoms. The van der Waals surface area contributed by atoms with Crippen LogP contribution in [0.5, 0.6) is 0 Å². The van der Waals surface area contributed by atoms with Gasteiger partial charge in [-0.25, -0.2) is 8.42 Å². The summed E-state index contributed by atoms with van der Waals surface area (Å²) in [6.45, 7) is 4.50. The van der Waals surface area contributed by atoms with E-state index in [2.05, 4.69) is 0 Å². The molecule has 0 atom stereocenters. The molecule has 0 aliphatic rings. The zero-order valence-electron chi connectivity index (χ0n) is 12.0. The van der Waals surface area contributed by atoms with E-state index in [-0.39, 0.29) is 5.75 Å². The van der Waals surface area contributed by atoms with E-state index < -0.39 is 21.5 Å². The second-order valence-electron chi connectivity index (χ2n) is 4.71. The number of anilines is 1. The highest BCUT2D eigenvalue weighted by atomic mass is 32.2. The normalized spacial score (nSPS) is 11.3. The van der Waals surface area contributed by atoms with Gasteiger partial charge in [-0.2, -0.15) is 0 Å². The second-order valence-corrected chi connectivity index (χ2v) is 6.90. The lowest BCUT2D eigenvalue weighted by molar-refractivity contribution is -0.116. The first kappa shape index (κ1) is 16.7. The van der Waals surface area contributed by atoms with Crippen molar-refractivity contribution in [3.63, 3.8) is 0 Å². The van der Waals surface area contributed by atoms with Crippen molar-refractivity contribution in [2.24, 2.45) is 5.73 Å². The van der Waals surface area contributed by atoms with Crippen LogP contribution in [0, 0.1) is 6.92 Å². The van der Waals surface area contributed by atoms with Crippen LogP contribution in [-0.2, 0) is 14.6 Å². The van der Waals surface area contributed by atoms with Gasteiger partial charge in [0.05, 0.1) is 5.75 Å². The molecule has 1 aromatic rings. The highest BCUT2D eigenvalue weighted by molar-refractivity contribution is 7.92. The molecule has 0 unspecified atom stereocenters. The third-order valence-electron chi connectivity index (χ3n) is 2.93. The molecular formula is C14H22N2O3S. The van der Waals surface area contributed by atoms with Gasteiger partial charge in [0.2, 0.25) is 5.91 Å². The minimum absolute atomic E-state index is 0.0411. The van der Waals surface area contributed by atoms with E-state index in [4.69, 9.17) is 5.73 Å². The van der Waals surface area contributed by atoms with Gasteiger partial charge in [-0.3, -0.25) is 4.79 Å². The summed E-state index contributed by atoms with van der Waals surface area (Å²) in [5.41, 5.74) is 7.06. The molecule has 6 heteroatoms. The van der Waals surface area contributed by atoms with E-state index in [0.717, 1.165) is 11.3 Å². The van der Waals surface area contributed by atoms with Crippen LogP contribution in [0.2, 0.25) is 0 Å². The van der Waals surface area contributed by atoms with E-state index in [0.29, 0.717) is 19.5 Å². The van der Waals surface area contributed by atoms with Crippen molar-refractivity contribution in [1.29, 1.82) is 0 Å². The number of nitrogens with zero attached hydrogens (tertiary/aromatic N) is 1. The van der Waals surface area contributed by atoms with Gasteiger partial charge in [-0.05, 0) is 44.5 Å². The predicted molar refractivity (Wildman–Crippen MR) is 81.5 cm³/mol. The maximum atomic E-state index is 12.2. The fraction of sp³-hybridized carbons (Fsp3) is 0.500. The van der Waals surface area contributed by atoms with Crippen LogP contribution in [0.15, 0.2) is 24.3 Å². The van der Waals surface area contributed by atoms with Crippen molar-refractivity contribution in [3.8, 4) is 0 Å². The lowest BCUT2D eigenvalue weighted by Crippen LogP contribution is -2.36. The quantitative estimate of drug-likeness (QED) is 0.817. The summed E-state index contributed by atoms with van der Waals surface area (Å²) in [7, 11) is -3.39. The van der Waals surface area contributed by atoms with Gasteiger partial charge >= 0.3 is 0 Å². The van der Waals surface area contributed by atoms with Gasteiger partial charge in [-0.1, -0.05) is 12.1 Å². The fourth-order valence-corrected chi connectivity index (χ4v) is 3.22. The number of sulfone groups is 1. The number of carbonyl (C=O) groups is 1. The number of nitrogens with two attached hydrogens (primary N) is 1. The maximum Gasteiger partial charge on any atom is 0.242 e. The molecule has 0 aliphatic carbocycles. The molecule has 0 aromatic heterocycles. The Bertz CT molecular complexity index is 555. The molecule has 0 bridgehead atoms. The first-order chi connectivity index (χ1) is 9.39. The number of carbonyl (C=O) groups excluding carboxylic acids is 1. The number of benzene rings is 1. The minimum atomic E-state index is -3.39. The number of amides is 1. The summed E-state index contributed by atoms with van der Waals surface area (Å²) in [6, 6.07) is 7.46. The van der Waals surface area contributed by atoms with Crippen molar-refractivity contribution >= 4 is 21.4 Å². The van der Waals surface area contributed by atoms with Gasteiger partial charge in [0.25, 0.3) is 0 Å². The monoisotopic (exact) mass is 298 g/mol. The van der Waals surface area contributed by atoms with Crippen LogP contribution in [0.1, 0.15) is 18.9 Å². The number of rotatable bonds is 7. The molecule has 0 aliphatic heterocycles. The van der Waals surface area contributed by atoms with E-state index in [1.54, 1.807) is 6.07 Å². The molecule has 20 heavy (non-hydrogen) atoms. The van der Waals surface area contributed by atoms with Crippen LogP contribution < -0.4 is 10.6 Å². The Labute approximate surface area is 120 Å². The number of hydrogen-bond acceptors (Lipinski definition) is 4. The lowest BCUT2D eigenvalue weighted by Gasteiger charge is -2.21. The zero-order valence-corrected chi connectivity index (χ0v) is 12.8. The van der Waals surface area contributed by atoms with Crippen LogP contribution in [-0.4, -0.2) is 38.9 Å². The highest BCUT2D eigenvalue weighted by Gasteiger charge is 2.21. The van der Waals surface area contributed by atoms with Crippen LogP contribution in [0.25, 0.3) is 0 Å². The lowest BCUT2D eigenvalue weighted by atomic mass is 10.2. The van der Waals surface area contributed by atoms with Crippen LogP contribution in [0.4, 0.5) is 5.69 Å². The summed E-state index contributed by atoms with van der Waals surface area (Å²) in [5.74, 6) is -0.898. The molecule has 0 heterocycles. The van der Waals surface area contributed by atoms with Gasteiger partial charge < -0.3 is 10.6 Å². The smallest absolute Gasteiger partial charge is 0.242 e. The van der Waals surface area contributed by atoms with Crippen molar-refractivity contribution < 1.29 is 13.2 Å². The minimum Gasteiger partial charge on any atom is -0.330 e. The Hall–Kier alpha value is -1.40. The summed E-state index contributed by atoms with van der Waals surface area (Å²) in [6.07, 6.45) is 0.381. The first-order valence-electron chi connectivity index (χ1n) is 6.67.